The highest BCUT2D eigenvalue weighted by molar-refractivity contribution is 7.89. The molecule has 2 aliphatic heterocycles. The maximum absolute atomic E-state index is 15.6. The van der Waals surface area contributed by atoms with Gasteiger partial charge in [0.05, 0.1) is 17.8 Å². The summed E-state index contributed by atoms with van der Waals surface area (Å²) in [6.45, 7) is 9.92. The van der Waals surface area contributed by atoms with Gasteiger partial charge in [0.15, 0.2) is 0 Å². The second kappa shape index (κ2) is 11.8. The van der Waals surface area contributed by atoms with Crippen molar-refractivity contribution in [1.82, 2.24) is 4.90 Å². The van der Waals surface area contributed by atoms with Crippen molar-refractivity contribution >= 4 is 33.0 Å². The number of sulfonamides is 1. The highest BCUT2D eigenvalue weighted by atomic mass is 32.2. The normalized spacial score (nSPS) is 16.5. The molecule has 0 aromatic heterocycles. The van der Waals surface area contributed by atoms with Crippen LogP contribution in [0.2, 0.25) is 0 Å². The second-order valence-electron chi connectivity index (χ2n) is 10.4. The van der Waals surface area contributed by atoms with E-state index in [0.29, 0.717) is 50.4 Å². The lowest BCUT2D eigenvalue weighted by Gasteiger charge is -2.37. The van der Waals surface area contributed by atoms with Gasteiger partial charge in [-0.25, -0.2) is 27.2 Å². The molecule has 2 N–H and O–H groups in total. The third-order valence-corrected chi connectivity index (χ3v) is 8.90. The Bertz CT molecular complexity index is 1590. The molecule has 2 aliphatic rings. The van der Waals surface area contributed by atoms with Gasteiger partial charge in [0.25, 0.3) is 5.91 Å². The van der Waals surface area contributed by atoms with E-state index in [-0.39, 0.29) is 41.5 Å². The van der Waals surface area contributed by atoms with Crippen molar-refractivity contribution < 1.29 is 22.0 Å². The molecule has 5 rings (SSSR count). The van der Waals surface area contributed by atoms with Gasteiger partial charge in [-0.05, 0) is 55.5 Å². The summed E-state index contributed by atoms with van der Waals surface area (Å²) >= 11 is 0. The number of carbonyl (C=O) groups excluding carboxylic acids is 1. The Hall–Kier alpha value is -4.01. The second-order valence-corrected chi connectivity index (χ2v) is 11.9. The molecule has 2 fully saturated rings. The zero-order valence-electron chi connectivity index (χ0n) is 22.5. The molecule has 3 aromatic carbocycles. The summed E-state index contributed by atoms with van der Waals surface area (Å²) in [6.07, 6.45) is 1.62. The number of piperidine rings is 1. The highest BCUT2D eigenvalue weighted by Crippen LogP contribution is 2.33. The van der Waals surface area contributed by atoms with Gasteiger partial charge in [-0.3, -0.25) is 4.79 Å². The number of primary sulfonamides is 1. The summed E-state index contributed by atoms with van der Waals surface area (Å²) < 4.78 is 54.5. The van der Waals surface area contributed by atoms with Crippen molar-refractivity contribution in [2.24, 2.45) is 11.1 Å². The molecule has 2 saturated heterocycles. The topological polar surface area (TPSA) is 91.3 Å². The van der Waals surface area contributed by atoms with Gasteiger partial charge < -0.3 is 14.7 Å². The van der Waals surface area contributed by atoms with Gasteiger partial charge in [0.2, 0.25) is 15.7 Å². The lowest BCUT2D eigenvalue weighted by molar-refractivity contribution is 0.0741. The fourth-order valence-corrected chi connectivity index (χ4v) is 6.48. The van der Waals surface area contributed by atoms with Crippen molar-refractivity contribution in [2.45, 2.75) is 24.2 Å². The molecule has 0 aliphatic carbocycles. The number of nitrogens with zero attached hydrogens (tertiary/aromatic N) is 4. The number of rotatable bonds is 6. The molecule has 0 bridgehead atoms. The number of hydrogen-bond donors (Lipinski definition) is 1. The van der Waals surface area contributed by atoms with Gasteiger partial charge in [0, 0.05) is 50.5 Å². The maximum atomic E-state index is 15.6. The van der Waals surface area contributed by atoms with E-state index in [0.717, 1.165) is 11.8 Å². The molecule has 2 heterocycles. The van der Waals surface area contributed by atoms with E-state index >= 15 is 4.39 Å². The van der Waals surface area contributed by atoms with Crippen molar-refractivity contribution in [1.29, 1.82) is 0 Å². The third-order valence-electron chi connectivity index (χ3n) is 7.95. The molecule has 0 unspecified atom stereocenters. The Morgan fingerprint density at radius 2 is 1.49 bits per heavy atom. The maximum Gasteiger partial charge on any atom is 0.256 e. The molecule has 41 heavy (non-hydrogen) atoms. The molecular weight excluding hydrogens is 548 g/mol. The summed E-state index contributed by atoms with van der Waals surface area (Å²) in [5.41, 5.74) is 1.68. The molecule has 0 saturated carbocycles. The van der Waals surface area contributed by atoms with Crippen LogP contribution in [0.25, 0.3) is 4.85 Å². The summed E-state index contributed by atoms with van der Waals surface area (Å²) in [4.78, 5) is 22.4. The minimum Gasteiger partial charge on any atom is -0.380 e. The molecule has 0 atom stereocenters. The molecule has 0 radical (unpaired) electrons. The quantitative estimate of drug-likeness (QED) is 0.432. The van der Waals surface area contributed by atoms with Crippen LogP contribution in [-0.4, -0.2) is 58.5 Å². The Morgan fingerprint density at radius 1 is 0.878 bits per heavy atom. The number of piperazine rings is 1. The number of anilines is 2. The minimum atomic E-state index is -3.92. The van der Waals surface area contributed by atoms with Crippen molar-refractivity contribution in [3.05, 3.63) is 94.8 Å². The zero-order valence-corrected chi connectivity index (χ0v) is 23.3. The van der Waals surface area contributed by atoms with Crippen LogP contribution in [0.4, 0.5) is 25.8 Å². The number of amides is 1. The summed E-state index contributed by atoms with van der Waals surface area (Å²) in [5.74, 6) is -1.96. The van der Waals surface area contributed by atoms with Gasteiger partial charge in [0.1, 0.15) is 16.5 Å². The van der Waals surface area contributed by atoms with Gasteiger partial charge in [-0.15, -0.1) is 0 Å². The SMILES string of the molecule is [C-]#[N+]c1ccccc1N1CCC(Cc2c(F)ccc(C(=O)N3CCN(c4ccccc4S(N)(=O)=O)CC3)c2F)CC1. The van der Waals surface area contributed by atoms with E-state index in [1.54, 1.807) is 24.3 Å². The number of para-hydroxylation sites is 3. The summed E-state index contributed by atoms with van der Waals surface area (Å²) in [5, 5.41) is 5.37. The molecule has 11 heteroatoms. The van der Waals surface area contributed by atoms with Crippen LogP contribution >= 0.6 is 0 Å². The van der Waals surface area contributed by atoms with Gasteiger partial charge in [-0.1, -0.05) is 30.3 Å². The Balaban J connectivity index is 1.24. The first-order valence-corrected chi connectivity index (χ1v) is 15.1. The summed E-state index contributed by atoms with van der Waals surface area (Å²) in [6, 6.07) is 16.2. The van der Waals surface area contributed by atoms with Crippen LogP contribution in [-0.2, 0) is 16.4 Å². The van der Waals surface area contributed by atoms with Gasteiger partial charge in [-0.2, -0.15) is 0 Å². The van der Waals surface area contributed by atoms with Crippen molar-refractivity contribution in [2.75, 3.05) is 49.1 Å². The monoisotopic (exact) mass is 579 g/mol. The lowest BCUT2D eigenvalue weighted by Crippen LogP contribution is -2.49. The van der Waals surface area contributed by atoms with E-state index in [4.69, 9.17) is 11.7 Å². The van der Waals surface area contributed by atoms with E-state index in [1.807, 2.05) is 23.1 Å². The predicted molar refractivity (Wildman–Crippen MR) is 154 cm³/mol. The number of carbonyl (C=O) groups is 1. The fourth-order valence-electron chi connectivity index (χ4n) is 5.72. The van der Waals surface area contributed by atoms with Crippen molar-refractivity contribution in [3.63, 3.8) is 0 Å². The first kappa shape index (κ1) is 28.5. The molecule has 1 amide bonds. The first-order chi connectivity index (χ1) is 19.7. The van der Waals surface area contributed by atoms with E-state index < -0.39 is 27.6 Å². The Morgan fingerprint density at radius 3 is 2.15 bits per heavy atom. The predicted octanol–water partition coefficient (Wildman–Crippen LogP) is 4.58. The van der Waals surface area contributed by atoms with E-state index in [1.165, 1.54) is 17.0 Å². The number of halogens is 2. The van der Waals surface area contributed by atoms with Crippen LogP contribution < -0.4 is 14.9 Å². The molecule has 214 valence electrons. The molecule has 3 aromatic rings. The fraction of sp³-hybridized carbons (Fsp3) is 0.333. The standard InChI is InChI=1S/C30H31F2N5O3S/c1-34-25-6-2-3-7-26(25)35-14-12-21(13-15-35)20-23-24(31)11-10-22(29(23)32)30(38)37-18-16-36(17-19-37)27-8-4-5-9-28(27)41(33,39)40/h2-11,21H,12-20H2,(H2,33,39,40). The lowest BCUT2D eigenvalue weighted by atomic mass is 9.88. The summed E-state index contributed by atoms with van der Waals surface area (Å²) in [7, 11) is -3.92. The van der Waals surface area contributed by atoms with Crippen LogP contribution in [0.5, 0.6) is 0 Å². The molecule has 0 spiro atoms. The van der Waals surface area contributed by atoms with E-state index in [2.05, 4.69) is 9.74 Å². The van der Waals surface area contributed by atoms with Crippen molar-refractivity contribution in [3.8, 4) is 0 Å². The number of benzene rings is 3. The average Bonchev–Trinajstić information content (AvgIpc) is 2.99. The zero-order chi connectivity index (χ0) is 29.1. The first-order valence-electron chi connectivity index (χ1n) is 13.5. The Kier molecular flexibility index (Phi) is 8.24. The Labute approximate surface area is 238 Å². The van der Waals surface area contributed by atoms with Crippen LogP contribution in [0.3, 0.4) is 0 Å². The number of nitrogens with two attached hydrogens (primary N) is 1. The largest absolute Gasteiger partial charge is 0.380 e. The highest BCUT2D eigenvalue weighted by Gasteiger charge is 2.29. The number of hydrogen-bond acceptors (Lipinski definition) is 5. The molecular formula is C30H31F2N5O3S. The van der Waals surface area contributed by atoms with Gasteiger partial charge >= 0.3 is 0 Å². The molecule has 8 nitrogen and oxygen atoms in total. The average molecular weight is 580 g/mol. The van der Waals surface area contributed by atoms with Crippen LogP contribution in [0, 0.1) is 24.1 Å². The minimum absolute atomic E-state index is 0.00966. The smallest absolute Gasteiger partial charge is 0.256 e. The van der Waals surface area contributed by atoms with Crippen LogP contribution in [0.1, 0.15) is 28.8 Å². The van der Waals surface area contributed by atoms with E-state index in [9.17, 15) is 17.6 Å². The third kappa shape index (κ3) is 6.04. The van der Waals surface area contributed by atoms with Crippen LogP contribution in [0.15, 0.2) is 65.6 Å².